The lowest BCUT2D eigenvalue weighted by atomic mass is 10.1. The first-order chi connectivity index (χ1) is 12.2. The number of nitrogens with one attached hydrogen (secondary N) is 2. The SMILES string of the molecule is CSC(=NCCN)Nc1ccc2c(c1)Cc1c-2[nH]c(=O)c2nccn12. The number of rotatable bonds is 3. The summed E-state index contributed by atoms with van der Waals surface area (Å²) in [5.74, 6) is 0. The van der Waals surface area contributed by atoms with E-state index >= 15 is 0 Å². The van der Waals surface area contributed by atoms with Crippen molar-refractivity contribution in [2.45, 2.75) is 6.42 Å². The topological polar surface area (TPSA) is 101 Å². The fourth-order valence-corrected chi connectivity index (χ4v) is 3.57. The molecule has 1 aliphatic rings. The van der Waals surface area contributed by atoms with Crippen LogP contribution in [0.1, 0.15) is 11.3 Å². The molecule has 0 spiro atoms. The van der Waals surface area contributed by atoms with Crippen LogP contribution in [0.25, 0.3) is 16.9 Å². The van der Waals surface area contributed by atoms with Gasteiger partial charge in [-0.05, 0) is 24.0 Å². The van der Waals surface area contributed by atoms with Gasteiger partial charge in [-0.2, -0.15) is 0 Å². The second-order valence-corrected chi connectivity index (χ2v) is 6.54. The lowest BCUT2D eigenvalue weighted by Crippen LogP contribution is -2.13. The lowest BCUT2D eigenvalue weighted by molar-refractivity contribution is 0.978. The zero-order valence-corrected chi connectivity index (χ0v) is 14.6. The molecule has 2 aromatic heterocycles. The Balaban J connectivity index is 1.71. The highest BCUT2D eigenvalue weighted by atomic mass is 32.2. The van der Waals surface area contributed by atoms with Gasteiger partial charge in [0.15, 0.2) is 5.17 Å². The van der Waals surface area contributed by atoms with E-state index in [1.807, 2.05) is 29.0 Å². The first-order valence-electron chi connectivity index (χ1n) is 7.98. The van der Waals surface area contributed by atoms with E-state index in [1.54, 1.807) is 18.0 Å². The van der Waals surface area contributed by atoms with Gasteiger partial charge in [0, 0.05) is 36.6 Å². The summed E-state index contributed by atoms with van der Waals surface area (Å²) in [5.41, 5.74) is 10.9. The number of imidazole rings is 1. The standard InChI is InChI=1S/C17H18N6OS/c1-25-17(20-5-4-18)21-11-2-3-12-10(8-11)9-13-14(12)22-16(24)15-19-6-7-23(13)15/h2-3,6-8H,4-5,9,18H2,1H3,(H,20,21)(H,22,24). The Hall–Kier alpha value is -2.58. The molecule has 128 valence electrons. The van der Waals surface area contributed by atoms with E-state index in [2.05, 4.69) is 26.3 Å². The van der Waals surface area contributed by atoms with Crippen LogP contribution in [0, 0.1) is 0 Å². The Morgan fingerprint density at radius 1 is 1.52 bits per heavy atom. The van der Waals surface area contributed by atoms with Gasteiger partial charge in [-0.3, -0.25) is 14.2 Å². The van der Waals surface area contributed by atoms with Crippen LogP contribution in [0.15, 0.2) is 40.4 Å². The van der Waals surface area contributed by atoms with Gasteiger partial charge in [-0.25, -0.2) is 4.98 Å². The number of H-pyrrole nitrogens is 1. The first kappa shape index (κ1) is 15.9. The number of aromatic amines is 1. The van der Waals surface area contributed by atoms with E-state index in [4.69, 9.17) is 5.73 Å². The quantitative estimate of drug-likeness (QED) is 0.384. The Kier molecular flexibility index (Phi) is 4.06. The van der Waals surface area contributed by atoms with Crippen LogP contribution in [-0.4, -0.2) is 38.9 Å². The molecule has 0 saturated carbocycles. The molecular weight excluding hydrogens is 336 g/mol. The number of thioether (sulfide) groups is 1. The molecule has 0 unspecified atom stereocenters. The number of amidine groups is 1. The van der Waals surface area contributed by atoms with Gasteiger partial charge >= 0.3 is 0 Å². The maximum atomic E-state index is 12.2. The summed E-state index contributed by atoms with van der Waals surface area (Å²) in [6, 6.07) is 6.13. The molecule has 0 aliphatic heterocycles. The van der Waals surface area contributed by atoms with E-state index in [0.717, 1.165) is 39.8 Å². The van der Waals surface area contributed by atoms with Crippen LogP contribution in [0.4, 0.5) is 5.69 Å². The number of nitrogens with two attached hydrogens (primary N) is 1. The molecule has 0 amide bonds. The predicted molar refractivity (Wildman–Crippen MR) is 103 cm³/mol. The number of aromatic nitrogens is 3. The summed E-state index contributed by atoms with van der Waals surface area (Å²) < 4.78 is 1.87. The molecular formula is C17H18N6OS. The third-order valence-corrected chi connectivity index (χ3v) is 4.84. The molecule has 2 heterocycles. The van der Waals surface area contributed by atoms with E-state index in [1.165, 1.54) is 0 Å². The zero-order valence-electron chi connectivity index (χ0n) is 13.7. The number of hydrogen-bond donors (Lipinski definition) is 3. The maximum Gasteiger partial charge on any atom is 0.292 e. The molecule has 0 saturated heterocycles. The van der Waals surface area contributed by atoms with E-state index in [-0.39, 0.29) is 5.56 Å². The van der Waals surface area contributed by atoms with E-state index in [9.17, 15) is 4.79 Å². The van der Waals surface area contributed by atoms with Crippen molar-refractivity contribution in [1.29, 1.82) is 0 Å². The molecule has 4 N–H and O–H groups in total. The summed E-state index contributed by atoms with van der Waals surface area (Å²) in [4.78, 5) is 23.7. The van der Waals surface area contributed by atoms with Gasteiger partial charge < -0.3 is 16.0 Å². The Labute approximate surface area is 148 Å². The van der Waals surface area contributed by atoms with Crippen molar-refractivity contribution in [1.82, 2.24) is 14.4 Å². The van der Waals surface area contributed by atoms with Gasteiger partial charge in [0.05, 0.1) is 17.9 Å². The van der Waals surface area contributed by atoms with Crippen LogP contribution in [-0.2, 0) is 6.42 Å². The smallest absolute Gasteiger partial charge is 0.292 e. The van der Waals surface area contributed by atoms with Crippen molar-refractivity contribution in [3.05, 3.63) is 52.2 Å². The molecule has 0 atom stereocenters. The molecule has 8 heteroatoms. The van der Waals surface area contributed by atoms with Crippen molar-refractivity contribution in [3.8, 4) is 11.3 Å². The fraction of sp³-hybridized carbons (Fsp3) is 0.235. The lowest BCUT2D eigenvalue weighted by Gasteiger charge is -2.09. The minimum atomic E-state index is -0.169. The monoisotopic (exact) mass is 354 g/mol. The average Bonchev–Trinajstić information content (AvgIpc) is 3.23. The predicted octanol–water partition coefficient (Wildman–Crippen LogP) is 1.68. The largest absolute Gasteiger partial charge is 0.335 e. The number of fused-ring (bicyclic) bond motifs is 5. The molecule has 0 bridgehead atoms. The van der Waals surface area contributed by atoms with Crippen LogP contribution in [0.2, 0.25) is 0 Å². The highest BCUT2D eigenvalue weighted by Gasteiger charge is 2.23. The second kappa shape index (κ2) is 6.38. The summed E-state index contributed by atoms with van der Waals surface area (Å²) >= 11 is 1.55. The molecule has 1 aromatic carbocycles. The van der Waals surface area contributed by atoms with Crippen molar-refractivity contribution in [3.63, 3.8) is 0 Å². The second-order valence-electron chi connectivity index (χ2n) is 5.75. The Bertz CT molecular complexity index is 1040. The van der Waals surface area contributed by atoms with Crippen molar-refractivity contribution in [2.24, 2.45) is 10.7 Å². The summed E-state index contributed by atoms with van der Waals surface area (Å²) in [5, 5.41) is 4.17. The van der Waals surface area contributed by atoms with Crippen LogP contribution in [0.5, 0.6) is 0 Å². The van der Waals surface area contributed by atoms with Crippen molar-refractivity contribution in [2.75, 3.05) is 24.7 Å². The number of anilines is 1. The van der Waals surface area contributed by atoms with Gasteiger partial charge in [0.1, 0.15) is 0 Å². The summed E-state index contributed by atoms with van der Waals surface area (Å²) in [7, 11) is 0. The van der Waals surface area contributed by atoms with Gasteiger partial charge in [0.25, 0.3) is 5.56 Å². The fourth-order valence-electron chi connectivity index (χ4n) is 3.13. The number of benzene rings is 1. The van der Waals surface area contributed by atoms with E-state index in [0.29, 0.717) is 18.7 Å². The van der Waals surface area contributed by atoms with Gasteiger partial charge in [0.2, 0.25) is 5.65 Å². The number of aliphatic imine (C=N–C) groups is 1. The van der Waals surface area contributed by atoms with Crippen molar-refractivity contribution < 1.29 is 0 Å². The van der Waals surface area contributed by atoms with Crippen LogP contribution < -0.4 is 16.6 Å². The number of hydrogen-bond acceptors (Lipinski definition) is 5. The first-order valence-corrected chi connectivity index (χ1v) is 9.21. The third-order valence-electron chi connectivity index (χ3n) is 4.22. The minimum absolute atomic E-state index is 0.169. The summed E-state index contributed by atoms with van der Waals surface area (Å²) in [6.07, 6.45) is 6.21. The highest BCUT2D eigenvalue weighted by molar-refractivity contribution is 8.13. The third kappa shape index (κ3) is 2.73. The Morgan fingerprint density at radius 2 is 2.40 bits per heavy atom. The van der Waals surface area contributed by atoms with Gasteiger partial charge in [-0.15, -0.1) is 0 Å². The van der Waals surface area contributed by atoms with Crippen LogP contribution in [0.3, 0.4) is 0 Å². The number of nitrogens with zero attached hydrogens (tertiary/aromatic N) is 3. The molecule has 4 rings (SSSR count). The average molecular weight is 354 g/mol. The normalized spacial score (nSPS) is 13.1. The molecule has 7 nitrogen and oxygen atoms in total. The molecule has 25 heavy (non-hydrogen) atoms. The zero-order chi connectivity index (χ0) is 17.4. The molecule has 1 aliphatic carbocycles. The Morgan fingerprint density at radius 3 is 3.20 bits per heavy atom. The van der Waals surface area contributed by atoms with E-state index < -0.39 is 0 Å². The molecule has 0 fully saturated rings. The summed E-state index contributed by atoms with van der Waals surface area (Å²) in [6.45, 7) is 1.12. The molecule has 3 aromatic rings. The maximum absolute atomic E-state index is 12.2. The minimum Gasteiger partial charge on any atom is -0.335 e. The van der Waals surface area contributed by atoms with Crippen LogP contribution >= 0.6 is 11.8 Å². The highest BCUT2D eigenvalue weighted by Crippen LogP contribution is 2.36. The van der Waals surface area contributed by atoms with Gasteiger partial charge in [-0.1, -0.05) is 17.8 Å². The molecule has 0 radical (unpaired) electrons. The van der Waals surface area contributed by atoms with Crippen molar-refractivity contribution >= 4 is 28.3 Å².